The van der Waals surface area contributed by atoms with Gasteiger partial charge in [-0.25, -0.2) is 0 Å². The third-order valence-electron chi connectivity index (χ3n) is 4.44. The van der Waals surface area contributed by atoms with Crippen LogP contribution >= 0.6 is 11.3 Å². The molecule has 2 amide bonds. The summed E-state index contributed by atoms with van der Waals surface area (Å²) in [6, 6.07) is 14.1. The van der Waals surface area contributed by atoms with Gasteiger partial charge in [-0.1, -0.05) is 43.7 Å². The van der Waals surface area contributed by atoms with Crippen LogP contribution in [0.5, 0.6) is 0 Å². The van der Waals surface area contributed by atoms with Crippen LogP contribution in [0.3, 0.4) is 0 Å². The monoisotopic (exact) mass is 402 g/mol. The summed E-state index contributed by atoms with van der Waals surface area (Å²) in [5.74, 6) is -0.189. The molecule has 1 aromatic heterocycles. The standard InChI is InChI=1S/C22H30N2O3S/c1-4-5-13-23(22(26)17-27-3)16-21(25)24(14-19-9-7-6-8-10-19)15-20-12-11-18(2)28-20/h6-12H,4-5,13-17H2,1-3H3. The third-order valence-corrected chi connectivity index (χ3v) is 5.43. The summed E-state index contributed by atoms with van der Waals surface area (Å²) in [7, 11) is 1.50. The number of hydrogen-bond donors (Lipinski definition) is 0. The van der Waals surface area contributed by atoms with Crippen molar-refractivity contribution in [3.05, 3.63) is 57.8 Å². The summed E-state index contributed by atoms with van der Waals surface area (Å²) in [6.07, 6.45) is 1.83. The summed E-state index contributed by atoms with van der Waals surface area (Å²) in [5, 5.41) is 0. The molecule has 0 radical (unpaired) electrons. The predicted molar refractivity (Wildman–Crippen MR) is 113 cm³/mol. The molecule has 0 bridgehead atoms. The molecule has 0 aliphatic carbocycles. The molecule has 2 aromatic rings. The second-order valence-corrected chi connectivity index (χ2v) is 8.22. The minimum absolute atomic E-state index is 0.000200. The smallest absolute Gasteiger partial charge is 0.249 e. The molecule has 0 aliphatic heterocycles. The van der Waals surface area contributed by atoms with Gasteiger partial charge in [0.05, 0.1) is 13.1 Å². The Morgan fingerprint density at radius 3 is 2.36 bits per heavy atom. The lowest BCUT2D eigenvalue weighted by atomic mass is 10.2. The predicted octanol–water partition coefficient (Wildman–Crippen LogP) is 3.86. The van der Waals surface area contributed by atoms with Crippen molar-refractivity contribution in [2.45, 2.75) is 39.8 Å². The minimum atomic E-state index is -0.143. The number of benzene rings is 1. The van der Waals surface area contributed by atoms with Gasteiger partial charge in [-0.05, 0) is 31.0 Å². The first-order chi connectivity index (χ1) is 13.5. The minimum Gasteiger partial charge on any atom is -0.375 e. The van der Waals surface area contributed by atoms with Crippen molar-refractivity contribution >= 4 is 23.2 Å². The van der Waals surface area contributed by atoms with Crippen LogP contribution in [0.25, 0.3) is 0 Å². The van der Waals surface area contributed by atoms with Crippen molar-refractivity contribution in [1.82, 2.24) is 9.80 Å². The van der Waals surface area contributed by atoms with Gasteiger partial charge in [0.25, 0.3) is 0 Å². The highest BCUT2D eigenvalue weighted by atomic mass is 32.1. The fourth-order valence-electron chi connectivity index (χ4n) is 2.91. The van der Waals surface area contributed by atoms with Crippen LogP contribution in [0.4, 0.5) is 0 Å². The maximum Gasteiger partial charge on any atom is 0.249 e. The number of unbranched alkanes of at least 4 members (excludes halogenated alkanes) is 1. The van der Waals surface area contributed by atoms with Gasteiger partial charge in [-0.2, -0.15) is 0 Å². The molecule has 0 unspecified atom stereocenters. The van der Waals surface area contributed by atoms with Gasteiger partial charge >= 0.3 is 0 Å². The van der Waals surface area contributed by atoms with E-state index in [-0.39, 0.29) is 25.0 Å². The summed E-state index contributed by atoms with van der Waals surface area (Å²) in [6.45, 7) is 5.86. The molecule has 0 aliphatic rings. The molecule has 0 atom stereocenters. The molecule has 0 fully saturated rings. The van der Waals surface area contributed by atoms with Crippen LogP contribution in [0, 0.1) is 6.92 Å². The number of carbonyl (C=O) groups is 2. The zero-order chi connectivity index (χ0) is 20.4. The average molecular weight is 403 g/mol. The Morgan fingerprint density at radius 2 is 1.75 bits per heavy atom. The Labute approximate surface area is 171 Å². The molecule has 0 saturated carbocycles. The number of amides is 2. The normalized spacial score (nSPS) is 10.7. The highest BCUT2D eigenvalue weighted by Crippen LogP contribution is 2.19. The average Bonchev–Trinajstić information content (AvgIpc) is 3.10. The van der Waals surface area contributed by atoms with Crippen molar-refractivity contribution in [2.24, 2.45) is 0 Å². The molecule has 0 spiro atoms. The molecule has 0 saturated heterocycles. The summed E-state index contributed by atoms with van der Waals surface area (Å²) in [4.78, 5) is 31.3. The maximum absolute atomic E-state index is 13.1. The van der Waals surface area contributed by atoms with E-state index in [4.69, 9.17) is 4.74 Å². The van der Waals surface area contributed by atoms with E-state index in [9.17, 15) is 9.59 Å². The van der Waals surface area contributed by atoms with Gasteiger partial charge in [-0.3, -0.25) is 9.59 Å². The van der Waals surface area contributed by atoms with E-state index < -0.39 is 0 Å². The van der Waals surface area contributed by atoms with Gasteiger partial charge in [0.1, 0.15) is 6.61 Å². The highest BCUT2D eigenvalue weighted by Gasteiger charge is 2.21. The zero-order valence-corrected chi connectivity index (χ0v) is 17.8. The van der Waals surface area contributed by atoms with E-state index in [0.717, 1.165) is 23.3 Å². The Kier molecular flexibility index (Phi) is 9.17. The van der Waals surface area contributed by atoms with E-state index in [1.54, 1.807) is 16.2 Å². The number of methoxy groups -OCH3 is 1. The summed E-state index contributed by atoms with van der Waals surface area (Å²) < 4.78 is 4.99. The fourth-order valence-corrected chi connectivity index (χ4v) is 3.82. The number of ether oxygens (including phenoxy) is 1. The maximum atomic E-state index is 13.1. The first-order valence-electron chi connectivity index (χ1n) is 9.67. The molecule has 6 heteroatoms. The number of nitrogens with zero attached hydrogens (tertiary/aromatic N) is 2. The van der Waals surface area contributed by atoms with Gasteiger partial charge < -0.3 is 14.5 Å². The SMILES string of the molecule is CCCCN(CC(=O)N(Cc1ccccc1)Cc1ccc(C)s1)C(=O)COC. The molecule has 5 nitrogen and oxygen atoms in total. The van der Waals surface area contributed by atoms with Crippen molar-refractivity contribution < 1.29 is 14.3 Å². The lowest BCUT2D eigenvalue weighted by molar-refractivity contribution is -0.143. The first-order valence-corrected chi connectivity index (χ1v) is 10.5. The zero-order valence-electron chi connectivity index (χ0n) is 17.0. The van der Waals surface area contributed by atoms with Crippen LogP contribution in [0.2, 0.25) is 0 Å². The summed E-state index contributed by atoms with van der Waals surface area (Å²) in [5.41, 5.74) is 1.08. The van der Waals surface area contributed by atoms with E-state index in [0.29, 0.717) is 19.6 Å². The first kappa shape index (κ1) is 22.1. The van der Waals surface area contributed by atoms with E-state index in [1.807, 2.05) is 35.2 Å². The molecular formula is C22H30N2O3S. The Bertz CT molecular complexity index is 745. The lowest BCUT2D eigenvalue weighted by Gasteiger charge is -2.27. The van der Waals surface area contributed by atoms with Gasteiger partial charge in [0.15, 0.2) is 0 Å². The molecule has 1 aromatic carbocycles. The van der Waals surface area contributed by atoms with Crippen LogP contribution in [0.1, 0.15) is 35.1 Å². The van der Waals surface area contributed by atoms with Gasteiger partial charge in [0, 0.05) is 30.0 Å². The number of hydrogen-bond acceptors (Lipinski definition) is 4. The molecule has 0 N–H and O–H groups in total. The highest BCUT2D eigenvalue weighted by molar-refractivity contribution is 7.11. The van der Waals surface area contributed by atoms with Crippen molar-refractivity contribution in [1.29, 1.82) is 0 Å². The van der Waals surface area contributed by atoms with E-state index in [1.165, 1.54) is 12.0 Å². The van der Waals surface area contributed by atoms with Crippen molar-refractivity contribution in [2.75, 3.05) is 26.8 Å². The Balaban J connectivity index is 2.14. The Hall–Kier alpha value is -2.18. The Morgan fingerprint density at radius 1 is 1.00 bits per heavy atom. The van der Waals surface area contributed by atoms with Crippen LogP contribution in [-0.2, 0) is 27.4 Å². The second kappa shape index (κ2) is 11.6. The lowest BCUT2D eigenvalue weighted by Crippen LogP contribution is -2.44. The van der Waals surface area contributed by atoms with Crippen LogP contribution in [0.15, 0.2) is 42.5 Å². The van der Waals surface area contributed by atoms with Gasteiger partial charge in [-0.15, -0.1) is 11.3 Å². The molecule has 28 heavy (non-hydrogen) atoms. The van der Waals surface area contributed by atoms with Gasteiger partial charge in [0.2, 0.25) is 11.8 Å². The van der Waals surface area contributed by atoms with E-state index in [2.05, 4.69) is 26.0 Å². The fraction of sp³-hybridized carbons (Fsp3) is 0.455. The quantitative estimate of drug-likeness (QED) is 0.573. The number of thiophene rings is 1. The van der Waals surface area contributed by atoms with Crippen LogP contribution in [-0.4, -0.2) is 48.4 Å². The van der Waals surface area contributed by atoms with Crippen molar-refractivity contribution in [3.8, 4) is 0 Å². The number of aryl methyl sites for hydroxylation is 1. The number of carbonyl (C=O) groups excluding carboxylic acids is 2. The largest absolute Gasteiger partial charge is 0.375 e. The topological polar surface area (TPSA) is 49.9 Å². The second-order valence-electron chi connectivity index (χ2n) is 6.85. The van der Waals surface area contributed by atoms with E-state index >= 15 is 0 Å². The third kappa shape index (κ3) is 7.09. The molecule has 1 heterocycles. The molecule has 152 valence electrons. The number of rotatable bonds is 11. The molecular weight excluding hydrogens is 372 g/mol. The van der Waals surface area contributed by atoms with Crippen LogP contribution < -0.4 is 0 Å². The van der Waals surface area contributed by atoms with Crippen molar-refractivity contribution in [3.63, 3.8) is 0 Å². The summed E-state index contributed by atoms with van der Waals surface area (Å²) >= 11 is 1.70. The molecule has 2 rings (SSSR count).